The van der Waals surface area contributed by atoms with Crippen molar-refractivity contribution in [2.75, 3.05) is 6.54 Å². The third kappa shape index (κ3) is 7.33. The highest BCUT2D eigenvalue weighted by Crippen LogP contribution is 2.08. The first-order valence-electron chi connectivity index (χ1n) is 5.59. The van der Waals surface area contributed by atoms with Crippen LogP contribution in [0.1, 0.15) is 46.5 Å². The Kier molecular flexibility index (Phi) is 11.1. The van der Waals surface area contributed by atoms with Gasteiger partial charge in [0.25, 0.3) is 0 Å². The molecular weight excluding hydrogens is 194 g/mol. The highest BCUT2D eigenvalue weighted by Gasteiger charge is 2.21. The van der Waals surface area contributed by atoms with Gasteiger partial charge in [0.05, 0.1) is 0 Å². The van der Waals surface area contributed by atoms with Crippen molar-refractivity contribution >= 4 is 5.97 Å². The largest absolute Gasteiger partial charge is 0.480 e. The van der Waals surface area contributed by atoms with E-state index in [2.05, 4.69) is 12.2 Å². The lowest BCUT2D eigenvalue weighted by Gasteiger charge is -2.19. The average molecular weight is 219 g/mol. The Labute approximate surface area is 92.4 Å². The number of rotatable bonds is 8. The Hall–Kier alpha value is -0.610. The summed E-state index contributed by atoms with van der Waals surface area (Å²) in [6.07, 6.45) is 4.30. The number of carboxylic acids is 1. The molecule has 4 nitrogen and oxygen atoms in total. The molecule has 0 aromatic heterocycles. The van der Waals surface area contributed by atoms with E-state index in [4.69, 9.17) is 5.11 Å². The van der Waals surface area contributed by atoms with Crippen LogP contribution in [0.3, 0.4) is 0 Å². The molecule has 0 radical (unpaired) electrons. The van der Waals surface area contributed by atoms with E-state index >= 15 is 0 Å². The number of hydrogen-bond donors (Lipinski definition) is 2. The van der Waals surface area contributed by atoms with Crippen LogP contribution in [-0.2, 0) is 4.79 Å². The van der Waals surface area contributed by atoms with E-state index < -0.39 is 5.97 Å². The number of carbonyl (C=O) groups is 1. The first-order valence-corrected chi connectivity index (χ1v) is 5.59. The van der Waals surface area contributed by atoms with Crippen molar-refractivity contribution in [3.63, 3.8) is 0 Å². The molecule has 0 rings (SSSR count). The number of unbranched alkanes of at least 4 members (excludes halogenated alkanes) is 2. The van der Waals surface area contributed by atoms with Gasteiger partial charge in [-0.25, -0.2) is 0 Å². The van der Waals surface area contributed by atoms with Gasteiger partial charge < -0.3 is 15.9 Å². The van der Waals surface area contributed by atoms with Crippen LogP contribution in [0.25, 0.3) is 0 Å². The molecule has 0 aliphatic carbocycles. The Morgan fingerprint density at radius 1 is 1.33 bits per heavy atom. The van der Waals surface area contributed by atoms with Crippen molar-refractivity contribution in [1.29, 1.82) is 0 Å². The van der Waals surface area contributed by atoms with E-state index in [0.29, 0.717) is 0 Å². The summed E-state index contributed by atoms with van der Waals surface area (Å²) >= 11 is 0. The van der Waals surface area contributed by atoms with Gasteiger partial charge in [-0.05, 0) is 18.9 Å². The summed E-state index contributed by atoms with van der Waals surface area (Å²) in [6, 6.07) is -0.378. The second-order valence-electron chi connectivity index (χ2n) is 3.86. The number of hydrogen-bond acceptors (Lipinski definition) is 2. The molecule has 4 heteroatoms. The van der Waals surface area contributed by atoms with Gasteiger partial charge in [-0.15, -0.1) is 0 Å². The van der Waals surface area contributed by atoms with Crippen LogP contribution in [0.4, 0.5) is 0 Å². The molecule has 0 fully saturated rings. The third-order valence-electron chi connectivity index (χ3n) is 2.62. The smallest absolute Gasteiger partial charge is 0.320 e. The van der Waals surface area contributed by atoms with Crippen LogP contribution in [0.5, 0.6) is 0 Å². The van der Waals surface area contributed by atoms with Crippen LogP contribution >= 0.6 is 0 Å². The molecule has 2 unspecified atom stereocenters. The van der Waals surface area contributed by atoms with Crippen molar-refractivity contribution in [3.05, 3.63) is 0 Å². The fourth-order valence-corrected chi connectivity index (χ4v) is 1.40. The van der Waals surface area contributed by atoms with Gasteiger partial charge in [0, 0.05) is 0 Å². The second-order valence-corrected chi connectivity index (χ2v) is 3.86. The maximum absolute atomic E-state index is 10.9. The van der Waals surface area contributed by atoms with Gasteiger partial charge in [-0.2, -0.15) is 0 Å². The topological polar surface area (TPSA) is 80.8 Å². The summed E-state index contributed by atoms with van der Waals surface area (Å²) in [5.74, 6) is -0.523. The van der Waals surface area contributed by atoms with Crippen molar-refractivity contribution in [1.82, 2.24) is 5.32 Å². The van der Waals surface area contributed by atoms with Crippen LogP contribution < -0.4 is 5.32 Å². The van der Waals surface area contributed by atoms with Crippen LogP contribution in [-0.4, -0.2) is 29.1 Å². The standard InChI is InChI=1S/C11H23NO2.H2O/c1-4-6-7-8-12-10(11(13)14)9(3)5-2;/h9-10,12H,4-8H2,1-3H3,(H,13,14);1H2. The first kappa shape index (κ1) is 16.8. The van der Waals surface area contributed by atoms with Gasteiger partial charge in [0.1, 0.15) is 6.04 Å². The number of carboxylic acid groups (broad SMARTS) is 1. The van der Waals surface area contributed by atoms with Crippen molar-refractivity contribution < 1.29 is 15.4 Å². The minimum absolute atomic E-state index is 0. The van der Waals surface area contributed by atoms with E-state index in [9.17, 15) is 4.79 Å². The monoisotopic (exact) mass is 219 g/mol. The fraction of sp³-hybridized carbons (Fsp3) is 0.909. The quantitative estimate of drug-likeness (QED) is 0.606. The summed E-state index contributed by atoms with van der Waals surface area (Å²) in [6.45, 7) is 6.96. The normalized spacial score (nSPS) is 14.1. The molecule has 4 N–H and O–H groups in total. The highest BCUT2D eigenvalue weighted by molar-refractivity contribution is 5.73. The molecule has 0 saturated heterocycles. The predicted octanol–water partition coefficient (Wildman–Crippen LogP) is 1.44. The van der Waals surface area contributed by atoms with Crippen molar-refractivity contribution in [3.8, 4) is 0 Å². The Balaban J connectivity index is 0. The molecular formula is C11H25NO3. The highest BCUT2D eigenvalue weighted by atomic mass is 16.4. The lowest BCUT2D eigenvalue weighted by Crippen LogP contribution is -2.42. The van der Waals surface area contributed by atoms with Crippen molar-refractivity contribution in [2.45, 2.75) is 52.5 Å². The van der Waals surface area contributed by atoms with Gasteiger partial charge in [0.15, 0.2) is 0 Å². The molecule has 0 aliphatic heterocycles. The lowest BCUT2D eigenvalue weighted by molar-refractivity contribution is -0.140. The minimum Gasteiger partial charge on any atom is -0.480 e. The summed E-state index contributed by atoms with van der Waals surface area (Å²) in [4.78, 5) is 10.9. The Morgan fingerprint density at radius 2 is 1.93 bits per heavy atom. The minimum atomic E-state index is -0.726. The predicted molar refractivity (Wildman–Crippen MR) is 62.0 cm³/mol. The summed E-state index contributed by atoms with van der Waals surface area (Å²) in [7, 11) is 0. The van der Waals surface area contributed by atoms with E-state index in [1.807, 2.05) is 13.8 Å². The zero-order valence-corrected chi connectivity index (χ0v) is 10.0. The van der Waals surface area contributed by atoms with E-state index in [-0.39, 0.29) is 17.4 Å². The lowest BCUT2D eigenvalue weighted by atomic mass is 9.99. The molecule has 0 aromatic carbocycles. The summed E-state index contributed by atoms with van der Waals surface area (Å²) < 4.78 is 0. The van der Waals surface area contributed by atoms with Gasteiger partial charge in [-0.3, -0.25) is 4.79 Å². The maximum atomic E-state index is 10.9. The zero-order chi connectivity index (χ0) is 11.0. The first-order chi connectivity index (χ1) is 6.63. The van der Waals surface area contributed by atoms with Crippen LogP contribution in [0, 0.1) is 5.92 Å². The molecule has 0 saturated carbocycles. The third-order valence-corrected chi connectivity index (χ3v) is 2.62. The molecule has 0 spiro atoms. The van der Waals surface area contributed by atoms with Gasteiger partial charge in [0.2, 0.25) is 0 Å². The molecule has 92 valence electrons. The van der Waals surface area contributed by atoms with Gasteiger partial charge in [-0.1, -0.05) is 40.0 Å². The molecule has 15 heavy (non-hydrogen) atoms. The number of aliphatic carboxylic acids is 1. The Bertz CT molecular complexity index is 162. The molecule has 2 atom stereocenters. The van der Waals surface area contributed by atoms with Gasteiger partial charge >= 0.3 is 5.97 Å². The SMILES string of the molecule is CCCCCNC(C(=O)O)C(C)CC.O. The number of nitrogens with one attached hydrogen (secondary N) is 1. The van der Waals surface area contributed by atoms with Crippen LogP contribution in [0.15, 0.2) is 0 Å². The summed E-state index contributed by atoms with van der Waals surface area (Å²) in [5.41, 5.74) is 0. The second kappa shape index (κ2) is 9.93. The molecule has 0 aromatic rings. The molecule has 0 heterocycles. The summed E-state index contributed by atoms with van der Waals surface area (Å²) in [5, 5.41) is 12.1. The molecule has 0 amide bonds. The Morgan fingerprint density at radius 3 is 2.33 bits per heavy atom. The van der Waals surface area contributed by atoms with E-state index in [1.54, 1.807) is 0 Å². The average Bonchev–Trinajstić information content (AvgIpc) is 2.16. The maximum Gasteiger partial charge on any atom is 0.320 e. The van der Waals surface area contributed by atoms with Crippen molar-refractivity contribution in [2.24, 2.45) is 5.92 Å². The zero-order valence-electron chi connectivity index (χ0n) is 10.0. The molecule has 0 bridgehead atoms. The van der Waals surface area contributed by atoms with Crippen LogP contribution in [0.2, 0.25) is 0 Å². The van der Waals surface area contributed by atoms with E-state index in [1.165, 1.54) is 12.8 Å². The van der Waals surface area contributed by atoms with E-state index in [0.717, 1.165) is 19.4 Å². The fourth-order valence-electron chi connectivity index (χ4n) is 1.40. The molecule has 0 aliphatic rings.